The Morgan fingerprint density at radius 1 is 1.00 bits per heavy atom. The molecular formula is C34H48N2O3. The van der Waals surface area contributed by atoms with Crippen LogP contribution in [0.1, 0.15) is 106 Å². The fourth-order valence-electron chi connectivity index (χ4n) is 10.8. The van der Waals surface area contributed by atoms with Gasteiger partial charge in [-0.05, 0) is 103 Å². The predicted molar refractivity (Wildman–Crippen MR) is 153 cm³/mol. The number of rotatable bonds is 2. The summed E-state index contributed by atoms with van der Waals surface area (Å²) in [6.45, 7) is 16.3. The monoisotopic (exact) mass is 532 g/mol. The maximum Gasteiger partial charge on any atom is 0.275 e. The number of fused-ring (bicyclic) bond motifs is 7. The zero-order valence-electron chi connectivity index (χ0n) is 25.2. The van der Waals surface area contributed by atoms with E-state index in [1.54, 1.807) is 0 Å². The van der Waals surface area contributed by atoms with E-state index < -0.39 is 5.41 Å². The van der Waals surface area contributed by atoms with Gasteiger partial charge in [0.2, 0.25) is 0 Å². The number of terminal acetylenes is 2. The molecule has 0 aromatic heterocycles. The highest BCUT2D eigenvalue weighted by atomic mass is 16.7. The van der Waals surface area contributed by atoms with Crippen LogP contribution < -0.4 is 5.73 Å². The average Bonchev–Trinajstić information content (AvgIpc) is 2.87. The van der Waals surface area contributed by atoms with Crippen molar-refractivity contribution in [3.63, 3.8) is 0 Å². The number of carbonyl (C=O) groups is 2. The number of amides is 1. The van der Waals surface area contributed by atoms with E-state index >= 15 is 0 Å². The van der Waals surface area contributed by atoms with Crippen molar-refractivity contribution >= 4 is 11.7 Å². The molecule has 5 nitrogen and oxygen atoms in total. The lowest BCUT2D eigenvalue weighted by molar-refractivity contribution is -0.188. The molecule has 0 saturated heterocycles. The highest BCUT2D eigenvalue weighted by Gasteiger charge is 2.70. The Labute approximate surface area is 236 Å². The number of ketones is 1. The van der Waals surface area contributed by atoms with Crippen molar-refractivity contribution in [2.45, 2.75) is 112 Å². The molecule has 5 aliphatic carbocycles. The molecule has 1 amide bonds. The summed E-state index contributed by atoms with van der Waals surface area (Å²) in [7, 11) is 0. The van der Waals surface area contributed by atoms with Gasteiger partial charge in [-0.1, -0.05) is 71.9 Å². The highest BCUT2D eigenvalue weighted by Crippen LogP contribution is 2.75. The molecule has 4 fully saturated rings. The molecule has 212 valence electrons. The van der Waals surface area contributed by atoms with Gasteiger partial charge in [0.15, 0.2) is 5.78 Å². The largest absolute Gasteiger partial charge is 0.327 e. The molecule has 0 bridgehead atoms. The normalized spacial score (nSPS) is 48.1. The summed E-state index contributed by atoms with van der Waals surface area (Å²) in [6.07, 6.45) is 23.6. The van der Waals surface area contributed by atoms with E-state index in [9.17, 15) is 9.59 Å². The minimum absolute atomic E-state index is 0.00815. The van der Waals surface area contributed by atoms with Crippen LogP contribution in [0.15, 0.2) is 11.6 Å². The lowest BCUT2D eigenvalue weighted by Gasteiger charge is -2.70. The van der Waals surface area contributed by atoms with E-state index in [1.807, 2.05) is 13.0 Å². The Balaban J connectivity index is 1.57. The van der Waals surface area contributed by atoms with Gasteiger partial charge in [0.1, 0.15) is 6.11 Å². The average molecular weight is 533 g/mol. The first-order valence-corrected chi connectivity index (χ1v) is 15.0. The molecule has 0 aromatic carbocycles. The van der Waals surface area contributed by atoms with Gasteiger partial charge in [0.05, 0.1) is 11.5 Å². The first-order chi connectivity index (χ1) is 18.0. The van der Waals surface area contributed by atoms with E-state index in [0.29, 0.717) is 18.1 Å². The van der Waals surface area contributed by atoms with Crippen LogP contribution in [0.4, 0.5) is 0 Å². The topological polar surface area (TPSA) is 72.6 Å². The van der Waals surface area contributed by atoms with Crippen molar-refractivity contribution < 1.29 is 14.4 Å². The third kappa shape index (κ3) is 3.58. The van der Waals surface area contributed by atoms with Gasteiger partial charge >= 0.3 is 0 Å². The second-order valence-corrected chi connectivity index (χ2v) is 15.7. The van der Waals surface area contributed by atoms with Crippen molar-refractivity contribution in [2.24, 2.45) is 56.0 Å². The molecule has 0 aromatic rings. The van der Waals surface area contributed by atoms with Crippen molar-refractivity contribution in [1.29, 1.82) is 0 Å². The molecule has 2 N–H and O–H groups in total. The number of hydrogen-bond acceptors (Lipinski definition) is 4. The Morgan fingerprint density at radius 3 is 2.31 bits per heavy atom. The first-order valence-electron chi connectivity index (χ1n) is 15.0. The zero-order valence-corrected chi connectivity index (χ0v) is 25.2. The fourth-order valence-corrected chi connectivity index (χ4v) is 10.8. The van der Waals surface area contributed by atoms with E-state index in [2.05, 4.69) is 53.7 Å². The molecular weight excluding hydrogens is 484 g/mol. The molecule has 1 unspecified atom stereocenters. The lowest BCUT2D eigenvalue weighted by atomic mass is 9.33. The zero-order chi connectivity index (χ0) is 28.8. The third-order valence-corrected chi connectivity index (χ3v) is 13.7. The van der Waals surface area contributed by atoms with Crippen LogP contribution in [0.3, 0.4) is 0 Å². The summed E-state index contributed by atoms with van der Waals surface area (Å²) < 4.78 is 0. The van der Waals surface area contributed by atoms with Crippen molar-refractivity contribution in [1.82, 2.24) is 5.06 Å². The van der Waals surface area contributed by atoms with Crippen LogP contribution in [0, 0.1) is 75.2 Å². The Morgan fingerprint density at radius 2 is 1.67 bits per heavy atom. The Hall–Kier alpha value is -2.24. The lowest BCUT2D eigenvalue weighted by Crippen LogP contribution is -2.67. The van der Waals surface area contributed by atoms with Gasteiger partial charge in [-0.3, -0.25) is 9.59 Å². The standard InChI is InChI=1S/C34H48N2O3/c1-10-36(39-11-2)28(38)31(6)17-16-30(5)18-19-33(8)22(23(30)21-31)20-24(37)27-32(7)14-13-26(35)29(3,4)25(32)12-15-34(27,33)9/h1-2,20,23,25-27H,12-19,21,35H2,3-9H3/t23-,25?,26-,27+,30+,31-,32-,33+,34+/m0/s1. The second-order valence-electron chi connectivity index (χ2n) is 15.7. The van der Waals surface area contributed by atoms with E-state index in [1.165, 1.54) is 5.57 Å². The number of nitrogens with two attached hydrogens (primary N) is 1. The van der Waals surface area contributed by atoms with Crippen LogP contribution in [-0.2, 0) is 14.4 Å². The molecule has 5 heteroatoms. The quantitative estimate of drug-likeness (QED) is 0.260. The van der Waals surface area contributed by atoms with Crippen LogP contribution in [0.25, 0.3) is 0 Å². The maximum atomic E-state index is 14.4. The molecule has 9 atom stereocenters. The van der Waals surface area contributed by atoms with Gasteiger partial charge in [-0.15, -0.1) is 0 Å². The van der Waals surface area contributed by atoms with Crippen molar-refractivity contribution in [3.8, 4) is 25.0 Å². The van der Waals surface area contributed by atoms with Gasteiger partial charge in [0.25, 0.3) is 5.91 Å². The molecule has 0 radical (unpaired) electrons. The number of allylic oxidation sites excluding steroid dienone is 2. The molecule has 5 aliphatic rings. The SMILES string of the molecule is C#CON(C#C)C(=O)[C@@]1(C)CC[C@]2(C)CC[C@]3(C)C(=CC(=O)[C@@H]4[C@@]5(C)CC[C@H](N)C(C)(C)C5CC[C@]43C)[C@@H]2C1. The summed E-state index contributed by atoms with van der Waals surface area (Å²) >= 11 is 0. The number of carbonyl (C=O) groups excluding carboxylic acids is 2. The van der Waals surface area contributed by atoms with E-state index in [4.69, 9.17) is 23.4 Å². The van der Waals surface area contributed by atoms with Crippen LogP contribution >= 0.6 is 0 Å². The molecule has 0 aliphatic heterocycles. The van der Waals surface area contributed by atoms with Crippen molar-refractivity contribution in [3.05, 3.63) is 11.6 Å². The number of hydroxylamine groups is 2. The predicted octanol–water partition coefficient (Wildman–Crippen LogP) is 6.24. The summed E-state index contributed by atoms with van der Waals surface area (Å²) in [5.74, 6) is 0.592. The third-order valence-electron chi connectivity index (χ3n) is 13.7. The van der Waals surface area contributed by atoms with Crippen LogP contribution in [0.2, 0.25) is 0 Å². The number of hydrogen-bond donors (Lipinski definition) is 1. The number of nitrogens with zero attached hydrogens (tertiary/aromatic N) is 1. The summed E-state index contributed by atoms with van der Waals surface area (Å²) in [4.78, 5) is 33.1. The molecule has 5 rings (SSSR count). The van der Waals surface area contributed by atoms with E-state index in [-0.39, 0.29) is 50.9 Å². The maximum absolute atomic E-state index is 14.4. The molecule has 39 heavy (non-hydrogen) atoms. The second kappa shape index (κ2) is 8.63. The molecule has 0 heterocycles. The van der Waals surface area contributed by atoms with Gasteiger partial charge in [-0.25, -0.2) is 0 Å². The smallest absolute Gasteiger partial charge is 0.275 e. The minimum Gasteiger partial charge on any atom is -0.327 e. The summed E-state index contributed by atoms with van der Waals surface area (Å²) in [5.41, 5.74) is 7.00. The van der Waals surface area contributed by atoms with Crippen LogP contribution in [0.5, 0.6) is 0 Å². The Kier molecular flexibility index (Phi) is 6.26. The Bertz CT molecular complexity index is 1210. The fraction of sp³-hybridized carbons (Fsp3) is 0.765. The minimum atomic E-state index is -0.708. The van der Waals surface area contributed by atoms with Crippen LogP contribution in [-0.4, -0.2) is 22.8 Å². The molecule has 0 spiro atoms. The highest BCUT2D eigenvalue weighted by molar-refractivity contribution is 5.95. The first kappa shape index (κ1) is 28.3. The van der Waals surface area contributed by atoms with Crippen molar-refractivity contribution in [2.75, 3.05) is 0 Å². The van der Waals surface area contributed by atoms with Gasteiger partial charge in [-0.2, -0.15) is 0 Å². The van der Waals surface area contributed by atoms with Gasteiger partial charge in [0, 0.05) is 12.0 Å². The van der Waals surface area contributed by atoms with E-state index in [0.717, 1.165) is 56.4 Å². The summed E-state index contributed by atoms with van der Waals surface area (Å²) in [5, 5.41) is 0.875. The summed E-state index contributed by atoms with van der Waals surface area (Å²) in [6, 6.07) is 2.48. The molecule has 4 saturated carbocycles. The van der Waals surface area contributed by atoms with Gasteiger partial charge < -0.3 is 10.6 Å².